The number of halogens is 1. The molecule has 1 aliphatic carbocycles. The van der Waals surface area contributed by atoms with Gasteiger partial charge in [0.1, 0.15) is 11.6 Å². The maximum Gasteiger partial charge on any atom is 0.228 e. The zero-order chi connectivity index (χ0) is 29.2. The molecule has 4 nitrogen and oxygen atoms in total. The van der Waals surface area contributed by atoms with Crippen molar-refractivity contribution < 1.29 is 9.18 Å². The van der Waals surface area contributed by atoms with Gasteiger partial charge in [0.2, 0.25) is 5.91 Å². The van der Waals surface area contributed by atoms with Gasteiger partial charge in [-0.2, -0.15) is 0 Å². The zero-order valence-corrected chi connectivity index (χ0v) is 25.1. The van der Waals surface area contributed by atoms with Crippen LogP contribution < -0.4 is 4.90 Å². The van der Waals surface area contributed by atoms with Gasteiger partial charge < -0.3 is 9.47 Å². The summed E-state index contributed by atoms with van der Waals surface area (Å²) in [5.41, 5.74) is 6.07. The predicted molar refractivity (Wildman–Crippen MR) is 164 cm³/mol. The van der Waals surface area contributed by atoms with Crippen molar-refractivity contribution in [2.75, 3.05) is 4.90 Å². The smallest absolute Gasteiger partial charge is 0.228 e. The van der Waals surface area contributed by atoms with Crippen LogP contribution >= 0.6 is 0 Å². The monoisotopic (exact) mass is 541 g/mol. The number of rotatable bonds is 6. The van der Waals surface area contributed by atoms with E-state index in [1.54, 1.807) is 18.3 Å². The lowest BCUT2D eigenvalue weighted by Gasteiger charge is -2.25. The Morgan fingerprint density at radius 2 is 1.65 bits per heavy atom. The fraction of sp³-hybridized carbons (Fsp3) is 0.371. The molecule has 0 N–H and O–H groups in total. The second-order valence-corrected chi connectivity index (χ2v) is 10.6. The van der Waals surface area contributed by atoms with Crippen LogP contribution in [0.2, 0.25) is 0 Å². The minimum absolute atomic E-state index is 0.132. The number of hydrogen-bond acceptors (Lipinski definition) is 2. The van der Waals surface area contributed by atoms with Gasteiger partial charge in [-0.15, -0.1) is 0 Å². The summed E-state index contributed by atoms with van der Waals surface area (Å²) in [5.74, 6) is 2.13. The first-order valence-corrected chi connectivity index (χ1v) is 14.4. The third kappa shape index (κ3) is 7.91. The van der Waals surface area contributed by atoms with Crippen molar-refractivity contribution in [1.29, 1.82) is 0 Å². The van der Waals surface area contributed by atoms with Gasteiger partial charge in [0, 0.05) is 31.5 Å². The molecular formula is C35H44FN3O. The van der Waals surface area contributed by atoms with Crippen LogP contribution in [0.5, 0.6) is 0 Å². The quantitative estimate of drug-likeness (QED) is 0.244. The van der Waals surface area contributed by atoms with Crippen LogP contribution in [0.15, 0.2) is 85.2 Å². The molecule has 1 aliphatic rings. The molecule has 0 saturated carbocycles. The molecule has 0 bridgehead atoms. The number of imidazole rings is 1. The van der Waals surface area contributed by atoms with Gasteiger partial charge in [0.15, 0.2) is 0 Å². The van der Waals surface area contributed by atoms with Crippen molar-refractivity contribution in [1.82, 2.24) is 9.55 Å². The first-order valence-electron chi connectivity index (χ1n) is 14.4. The number of anilines is 1. The Labute approximate surface area is 239 Å². The molecule has 0 spiro atoms. The summed E-state index contributed by atoms with van der Waals surface area (Å²) < 4.78 is 14.1. The Balaban J connectivity index is 0.000000376. The second kappa shape index (κ2) is 14.6. The molecule has 5 heteroatoms. The molecule has 5 rings (SSSR count). The number of fused-ring (bicyclic) bond motifs is 1. The van der Waals surface area contributed by atoms with Gasteiger partial charge >= 0.3 is 0 Å². The van der Waals surface area contributed by atoms with Crippen molar-refractivity contribution in [2.45, 2.75) is 78.7 Å². The highest BCUT2D eigenvalue weighted by molar-refractivity contribution is 5.94. The molecule has 0 aliphatic heterocycles. The molecule has 1 heterocycles. The summed E-state index contributed by atoms with van der Waals surface area (Å²) >= 11 is 0. The average Bonchev–Trinajstić information content (AvgIpc) is 3.51. The summed E-state index contributed by atoms with van der Waals surface area (Å²) in [4.78, 5) is 19.9. The Bertz CT molecular complexity index is 1330. The lowest BCUT2D eigenvalue weighted by atomic mass is 9.96. The molecular weight excluding hydrogens is 497 g/mol. The van der Waals surface area contributed by atoms with Gasteiger partial charge in [-0.3, -0.25) is 4.79 Å². The first-order chi connectivity index (χ1) is 19.2. The first kappa shape index (κ1) is 30.8. The fourth-order valence-corrected chi connectivity index (χ4v) is 5.21. The summed E-state index contributed by atoms with van der Waals surface area (Å²) in [5, 5.41) is 0. The highest BCUT2D eigenvalue weighted by atomic mass is 19.1. The van der Waals surface area contributed by atoms with Gasteiger partial charge in [0.05, 0.1) is 6.54 Å². The normalized spacial score (nSPS) is 16.1. The summed E-state index contributed by atoms with van der Waals surface area (Å²) in [6.07, 6.45) is 5.36. The Kier molecular flexibility index (Phi) is 11.2. The Hall–Kier alpha value is -3.73. The van der Waals surface area contributed by atoms with E-state index in [0.717, 1.165) is 17.1 Å². The number of benzene rings is 3. The highest BCUT2D eigenvalue weighted by Gasteiger charge is 2.27. The molecule has 4 aromatic rings. The molecule has 3 aromatic carbocycles. The van der Waals surface area contributed by atoms with Crippen LogP contribution in [0.25, 0.3) is 0 Å². The van der Waals surface area contributed by atoms with Gasteiger partial charge in [0.25, 0.3) is 0 Å². The standard InChI is InChI=1S/C26H31N3O.C7H7F.C2H6/c1-18(21-8-6-5-7-9-21)15-26(30)29(17-25-27-12-13-28(25)4)22-10-11-23-19(2)14-20(3)24(23)16-22;1-6-2-4-7(8)5-3-6;1-2/h5-13,16,18-20H,14-15,17H2,1-4H3;2-5H,1H3;1-2H3/t18-,19?,20-;;/m0../s1. The number of nitrogens with zero attached hydrogens (tertiary/aromatic N) is 3. The number of amides is 1. The van der Waals surface area contributed by atoms with E-state index in [2.05, 4.69) is 56.1 Å². The number of aromatic nitrogens is 2. The van der Waals surface area contributed by atoms with Crippen LogP contribution in [0.3, 0.4) is 0 Å². The molecule has 212 valence electrons. The number of carbonyl (C=O) groups excluding carboxylic acids is 1. The van der Waals surface area contributed by atoms with E-state index in [1.165, 1.54) is 35.2 Å². The van der Waals surface area contributed by atoms with E-state index in [4.69, 9.17) is 0 Å². The molecule has 40 heavy (non-hydrogen) atoms. The summed E-state index contributed by atoms with van der Waals surface area (Å²) in [7, 11) is 1.98. The fourth-order valence-electron chi connectivity index (χ4n) is 5.21. The van der Waals surface area contributed by atoms with E-state index >= 15 is 0 Å². The second-order valence-electron chi connectivity index (χ2n) is 10.6. The Morgan fingerprint density at radius 1 is 1.00 bits per heavy atom. The van der Waals surface area contributed by atoms with Crippen molar-refractivity contribution in [3.8, 4) is 0 Å². The minimum Gasteiger partial charge on any atom is -0.337 e. The van der Waals surface area contributed by atoms with Crippen molar-refractivity contribution >= 4 is 11.6 Å². The number of carbonyl (C=O) groups is 1. The topological polar surface area (TPSA) is 38.1 Å². The van der Waals surface area contributed by atoms with Crippen LogP contribution in [0.1, 0.15) is 93.3 Å². The van der Waals surface area contributed by atoms with Crippen LogP contribution in [-0.2, 0) is 18.4 Å². The van der Waals surface area contributed by atoms with Crippen LogP contribution in [-0.4, -0.2) is 15.5 Å². The number of hydrogen-bond donors (Lipinski definition) is 0. The Morgan fingerprint density at radius 3 is 2.25 bits per heavy atom. The molecule has 0 saturated heterocycles. The van der Waals surface area contributed by atoms with E-state index in [0.29, 0.717) is 24.8 Å². The van der Waals surface area contributed by atoms with Gasteiger partial charge in [-0.05, 0) is 72.1 Å². The lowest BCUT2D eigenvalue weighted by Crippen LogP contribution is -2.32. The van der Waals surface area contributed by atoms with Crippen molar-refractivity contribution in [3.05, 3.63) is 119 Å². The van der Waals surface area contributed by atoms with Crippen molar-refractivity contribution in [3.63, 3.8) is 0 Å². The maximum absolute atomic E-state index is 13.5. The lowest BCUT2D eigenvalue weighted by molar-refractivity contribution is -0.119. The predicted octanol–water partition coefficient (Wildman–Crippen LogP) is 8.92. The minimum atomic E-state index is -0.171. The molecule has 0 radical (unpaired) electrons. The summed E-state index contributed by atoms with van der Waals surface area (Å²) in [6, 6.07) is 23.2. The van der Waals surface area contributed by atoms with E-state index < -0.39 is 0 Å². The van der Waals surface area contributed by atoms with E-state index in [-0.39, 0.29) is 17.6 Å². The SMILES string of the molecule is CC.CC1C[C@H](C)c2cc(N(Cc3nccn3C)C(=O)C[C@H](C)c3ccccc3)ccc21.Cc1ccc(F)cc1. The van der Waals surface area contributed by atoms with E-state index in [9.17, 15) is 9.18 Å². The molecule has 1 aromatic heterocycles. The average molecular weight is 542 g/mol. The summed E-state index contributed by atoms with van der Waals surface area (Å²) in [6.45, 7) is 13.1. The molecule has 3 atom stereocenters. The van der Waals surface area contributed by atoms with Crippen molar-refractivity contribution in [2.24, 2.45) is 7.05 Å². The van der Waals surface area contributed by atoms with Gasteiger partial charge in [-0.25, -0.2) is 9.37 Å². The number of aryl methyl sites for hydroxylation is 2. The highest BCUT2D eigenvalue weighted by Crippen LogP contribution is 2.42. The maximum atomic E-state index is 13.5. The molecule has 1 unspecified atom stereocenters. The van der Waals surface area contributed by atoms with E-state index in [1.807, 2.05) is 61.7 Å². The van der Waals surface area contributed by atoms with Crippen LogP contribution in [0.4, 0.5) is 10.1 Å². The van der Waals surface area contributed by atoms with Crippen LogP contribution in [0, 0.1) is 12.7 Å². The van der Waals surface area contributed by atoms with Gasteiger partial charge in [-0.1, -0.05) is 88.7 Å². The molecule has 0 fully saturated rings. The molecule has 1 amide bonds. The third-order valence-corrected chi connectivity index (χ3v) is 7.53. The zero-order valence-electron chi connectivity index (χ0n) is 25.1. The largest absolute Gasteiger partial charge is 0.337 e. The third-order valence-electron chi connectivity index (χ3n) is 7.53.